The largest absolute Gasteiger partial charge is 0.507 e. The van der Waals surface area contributed by atoms with Crippen LogP contribution in [0.3, 0.4) is 0 Å². The number of carbonyl (C=O) groups excluding carboxylic acids is 1. The first-order valence-electron chi connectivity index (χ1n) is 5.78. The van der Waals surface area contributed by atoms with E-state index in [1.165, 1.54) is 6.07 Å². The molecule has 2 aromatic carbocycles. The zero-order valence-corrected chi connectivity index (χ0v) is 9.92. The van der Waals surface area contributed by atoms with Crippen LogP contribution in [0.5, 0.6) is 5.75 Å². The van der Waals surface area contributed by atoms with Gasteiger partial charge in [-0.05, 0) is 24.3 Å². The van der Waals surface area contributed by atoms with Crippen LogP contribution in [0.2, 0.25) is 0 Å². The van der Waals surface area contributed by atoms with Crippen molar-refractivity contribution in [2.75, 3.05) is 5.32 Å². The topological polar surface area (TPSA) is 78.0 Å². The van der Waals surface area contributed by atoms with Crippen LogP contribution in [0.25, 0.3) is 10.9 Å². The molecule has 0 aliphatic heterocycles. The van der Waals surface area contributed by atoms with Crippen LogP contribution in [0.15, 0.2) is 48.5 Å². The molecule has 0 aliphatic carbocycles. The summed E-state index contributed by atoms with van der Waals surface area (Å²) in [5.74, 6) is -0.000882. The average Bonchev–Trinajstić information content (AvgIpc) is 2.83. The monoisotopic (exact) mass is 253 g/mol. The number of fused-ring (bicyclic) bond motifs is 1. The number of anilines is 1. The van der Waals surface area contributed by atoms with Gasteiger partial charge >= 0.3 is 0 Å². The fourth-order valence-electron chi connectivity index (χ4n) is 1.90. The molecule has 3 N–H and O–H groups in total. The van der Waals surface area contributed by atoms with Crippen LogP contribution in [-0.4, -0.2) is 21.2 Å². The minimum Gasteiger partial charge on any atom is -0.507 e. The lowest BCUT2D eigenvalue weighted by Crippen LogP contribution is -2.12. The van der Waals surface area contributed by atoms with Gasteiger partial charge in [0, 0.05) is 5.39 Å². The first-order chi connectivity index (χ1) is 9.25. The van der Waals surface area contributed by atoms with E-state index in [4.69, 9.17) is 0 Å². The molecule has 19 heavy (non-hydrogen) atoms. The maximum atomic E-state index is 12.1. The summed E-state index contributed by atoms with van der Waals surface area (Å²) >= 11 is 0. The number of phenols is 1. The highest BCUT2D eigenvalue weighted by molar-refractivity contribution is 6.09. The molecule has 5 heteroatoms. The third-order valence-corrected chi connectivity index (χ3v) is 2.85. The molecule has 0 bridgehead atoms. The minimum absolute atomic E-state index is 0.0557. The minimum atomic E-state index is -0.393. The number of amides is 1. The number of carbonyl (C=O) groups is 1. The molecular weight excluding hydrogens is 242 g/mol. The van der Waals surface area contributed by atoms with Crippen LogP contribution in [0, 0.1) is 0 Å². The predicted molar refractivity (Wildman–Crippen MR) is 72.2 cm³/mol. The van der Waals surface area contributed by atoms with E-state index in [0.717, 1.165) is 10.9 Å². The van der Waals surface area contributed by atoms with Gasteiger partial charge in [-0.25, -0.2) is 0 Å². The molecule has 94 valence electrons. The second-order valence-electron chi connectivity index (χ2n) is 4.09. The van der Waals surface area contributed by atoms with Crippen molar-refractivity contribution in [2.24, 2.45) is 0 Å². The number of H-pyrrole nitrogens is 1. The van der Waals surface area contributed by atoms with E-state index in [1.54, 1.807) is 18.2 Å². The molecule has 0 atom stereocenters. The molecular formula is C14H11N3O2. The predicted octanol–water partition coefficient (Wildman–Crippen LogP) is 2.52. The van der Waals surface area contributed by atoms with E-state index in [9.17, 15) is 9.90 Å². The van der Waals surface area contributed by atoms with E-state index in [2.05, 4.69) is 15.5 Å². The summed E-state index contributed by atoms with van der Waals surface area (Å²) in [6, 6.07) is 13.9. The van der Waals surface area contributed by atoms with Crippen LogP contribution < -0.4 is 5.32 Å². The number of hydrogen-bond acceptors (Lipinski definition) is 3. The smallest absolute Gasteiger partial charge is 0.260 e. The number of nitrogens with one attached hydrogen (secondary N) is 2. The van der Waals surface area contributed by atoms with Crippen LogP contribution in [-0.2, 0) is 0 Å². The lowest BCUT2D eigenvalue weighted by molar-refractivity contribution is 0.102. The van der Waals surface area contributed by atoms with Gasteiger partial charge in [-0.2, -0.15) is 5.10 Å². The van der Waals surface area contributed by atoms with Gasteiger partial charge in [0.25, 0.3) is 5.91 Å². The van der Waals surface area contributed by atoms with Crippen LogP contribution >= 0.6 is 0 Å². The first kappa shape index (κ1) is 11.3. The molecule has 3 rings (SSSR count). The Balaban J connectivity index is 1.94. The molecule has 0 fully saturated rings. The molecule has 0 spiro atoms. The molecule has 0 radical (unpaired) electrons. The molecule has 0 saturated carbocycles. The fourth-order valence-corrected chi connectivity index (χ4v) is 1.90. The number of aromatic amines is 1. The van der Waals surface area contributed by atoms with Crippen molar-refractivity contribution in [2.45, 2.75) is 0 Å². The molecule has 5 nitrogen and oxygen atoms in total. The molecule has 0 unspecified atom stereocenters. The number of aromatic nitrogens is 2. The van der Waals surface area contributed by atoms with E-state index in [1.807, 2.05) is 24.3 Å². The van der Waals surface area contributed by atoms with Crippen molar-refractivity contribution in [3.05, 3.63) is 54.1 Å². The number of phenolic OH excluding ortho intramolecular Hbond substituents is 1. The van der Waals surface area contributed by atoms with Gasteiger partial charge in [0.2, 0.25) is 0 Å². The fraction of sp³-hybridized carbons (Fsp3) is 0. The average molecular weight is 253 g/mol. The third-order valence-electron chi connectivity index (χ3n) is 2.85. The number of benzene rings is 2. The summed E-state index contributed by atoms with van der Waals surface area (Å²) in [6.45, 7) is 0. The number of rotatable bonds is 2. The number of hydrogen-bond donors (Lipinski definition) is 3. The SMILES string of the molecule is O=C(Nc1n[nH]c2ccccc12)c1ccccc1O. The lowest BCUT2D eigenvalue weighted by Gasteiger charge is -2.04. The van der Waals surface area contributed by atoms with Crippen LogP contribution in [0.1, 0.15) is 10.4 Å². The zero-order chi connectivity index (χ0) is 13.2. The maximum Gasteiger partial charge on any atom is 0.260 e. The van der Waals surface area contributed by atoms with Crippen molar-refractivity contribution in [1.29, 1.82) is 0 Å². The Morgan fingerprint density at radius 3 is 2.68 bits per heavy atom. The number of nitrogens with zero attached hydrogens (tertiary/aromatic N) is 1. The summed E-state index contributed by atoms with van der Waals surface area (Å²) in [5.41, 5.74) is 1.06. The van der Waals surface area contributed by atoms with Gasteiger partial charge in [0.05, 0.1) is 11.1 Å². The van der Waals surface area contributed by atoms with Gasteiger partial charge in [-0.3, -0.25) is 9.89 Å². The highest BCUT2D eigenvalue weighted by Gasteiger charge is 2.13. The Morgan fingerprint density at radius 1 is 1.11 bits per heavy atom. The lowest BCUT2D eigenvalue weighted by atomic mass is 10.2. The Labute approximate surface area is 108 Å². The van der Waals surface area contributed by atoms with E-state index >= 15 is 0 Å². The van der Waals surface area contributed by atoms with Gasteiger partial charge < -0.3 is 10.4 Å². The first-order valence-corrected chi connectivity index (χ1v) is 5.78. The Morgan fingerprint density at radius 2 is 1.84 bits per heavy atom. The molecule has 1 heterocycles. The maximum absolute atomic E-state index is 12.1. The molecule has 1 aromatic heterocycles. The van der Waals surface area contributed by atoms with E-state index in [0.29, 0.717) is 5.82 Å². The molecule has 0 aliphatic rings. The van der Waals surface area contributed by atoms with Crippen molar-refractivity contribution in [3.63, 3.8) is 0 Å². The van der Waals surface area contributed by atoms with Gasteiger partial charge in [-0.15, -0.1) is 0 Å². The summed E-state index contributed by atoms with van der Waals surface area (Å²) in [5, 5.41) is 20.0. The van der Waals surface area contributed by atoms with Gasteiger partial charge in [-0.1, -0.05) is 24.3 Å². The van der Waals surface area contributed by atoms with Crippen molar-refractivity contribution in [3.8, 4) is 5.75 Å². The van der Waals surface area contributed by atoms with Crippen LogP contribution in [0.4, 0.5) is 5.82 Å². The Kier molecular flexibility index (Phi) is 2.64. The summed E-state index contributed by atoms with van der Waals surface area (Å²) < 4.78 is 0. The molecule has 1 amide bonds. The standard InChI is InChI=1S/C14H11N3O2/c18-12-8-4-2-6-10(12)14(19)15-13-9-5-1-3-7-11(9)16-17-13/h1-8,18H,(H2,15,16,17,19). The van der Waals surface area contributed by atoms with Gasteiger partial charge in [0.15, 0.2) is 5.82 Å². The second-order valence-corrected chi connectivity index (χ2v) is 4.09. The number of aromatic hydroxyl groups is 1. The van der Waals surface area contributed by atoms with Crippen molar-refractivity contribution >= 4 is 22.6 Å². The third kappa shape index (κ3) is 2.01. The zero-order valence-electron chi connectivity index (χ0n) is 9.92. The van der Waals surface area contributed by atoms with Gasteiger partial charge in [0.1, 0.15) is 5.75 Å². The summed E-state index contributed by atoms with van der Waals surface area (Å²) in [6.07, 6.45) is 0. The number of para-hydroxylation sites is 2. The Hall–Kier alpha value is -2.82. The molecule has 0 saturated heterocycles. The normalized spacial score (nSPS) is 10.5. The quantitative estimate of drug-likeness (QED) is 0.656. The van der Waals surface area contributed by atoms with E-state index < -0.39 is 5.91 Å². The summed E-state index contributed by atoms with van der Waals surface area (Å²) in [7, 11) is 0. The Bertz CT molecular complexity index is 749. The highest BCUT2D eigenvalue weighted by Crippen LogP contribution is 2.22. The van der Waals surface area contributed by atoms with Crippen molar-refractivity contribution in [1.82, 2.24) is 10.2 Å². The van der Waals surface area contributed by atoms with Crippen molar-refractivity contribution < 1.29 is 9.90 Å². The molecule has 3 aromatic rings. The van der Waals surface area contributed by atoms with E-state index in [-0.39, 0.29) is 11.3 Å². The highest BCUT2D eigenvalue weighted by atomic mass is 16.3. The summed E-state index contributed by atoms with van der Waals surface area (Å²) in [4.78, 5) is 12.1. The second kappa shape index (κ2) is 4.45.